The van der Waals surface area contributed by atoms with Crippen LogP contribution >= 0.6 is 11.3 Å². The molecule has 1 amide bonds. The molecule has 1 aliphatic carbocycles. The molecule has 162 valence electrons. The van der Waals surface area contributed by atoms with Gasteiger partial charge in [-0.25, -0.2) is 9.97 Å². The van der Waals surface area contributed by atoms with Crippen LogP contribution in [0.25, 0.3) is 21.5 Å². The number of anilines is 1. The number of rotatable bonds is 5. The molecule has 0 spiro atoms. The van der Waals surface area contributed by atoms with Gasteiger partial charge in [0.2, 0.25) is 5.91 Å². The Morgan fingerprint density at radius 2 is 1.84 bits per heavy atom. The molecule has 0 fully saturated rings. The number of carbonyl (C=O) groups excluding carboxylic acids is 1. The Balaban J connectivity index is 1.63. The summed E-state index contributed by atoms with van der Waals surface area (Å²) in [5.74, 6) is 1.25. The van der Waals surface area contributed by atoms with Crippen molar-refractivity contribution in [1.29, 1.82) is 0 Å². The SMILES string of the molecule is Cc1sc2c(C(N)=O)cccc2c1-c1nc2c(c(NCc3ccccc3)n1)CCCCC2. The van der Waals surface area contributed by atoms with Gasteiger partial charge in [0.1, 0.15) is 5.82 Å². The molecule has 3 N–H and O–H groups in total. The maximum absolute atomic E-state index is 12.0. The number of nitrogens with zero attached hydrogens (tertiary/aromatic N) is 2. The van der Waals surface area contributed by atoms with E-state index < -0.39 is 5.91 Å². The lowest BCUT2D eigenvalue weighted by atomic mass is 10.0. The van der Waals surface area contributed by atoms with Crippen LogP contribution in [0.4, 0.5) is 5.82 Å². The fourth-order valence-corrected chi connectivity index (χ4v) is 5.69. The van der Waals surface area contributed by atoms with Crippen molar-refractivity contribution in [3.05, 3.63) is 75.8 Å². The Hall–Kier alpha value is -3.25. The zero-order valence-electron chi connectivity index (χ0n) is 18.1. The van der Waals surface area contributed by atoms with Crippen molar-refractivity contribution in [2.45, 2.75) is 45.6 Å². The van der Waals surface area contributed by atoms with E-state index in [1.807, 2.05) is 18.2 Å². The summed E-state index contributed by atoms with van der Waals surface area (Å²) in [6, 6.07) is 16.1. The summed E-state index contributed by atoms with van der Waals surface area (Å²) in [5.41, 5.74) is 10.8. The van der Waals surface area contributed by atoms with Crippen molar-refractivity contribution in [1.82, 2.24) is 9.97 Å². The van der Waals surface area contributed by atoms with Crippen LogP contribution in [-0.2, 0) is 19.4 Å². The lowest BCUT2D eigenvalue weighted by molar-refractivity contribution is 0.100. The number of hydrogen-bond acceptors (Lipinski definition) is 5. The molecule has 0 atom stereocenters. The summed E-state index contributed by atoms with van der Waals surface area (Å²) in [6.45, 7) is 2.79. The molecule has 5 nitrogen and oxygen atoms in total. The van der Waals surface area contributed by atoms with Crippen molar-refractivity contribution in [3.63, 3.8) is 0 Å². The number of thiophene rings is 1. The molecule has 2 aromatic heterocycles. The van der Waals surface area contributed by atoms with Crippen LogP contribution in [0.2, 0.25) is 0 Å². The van der Waals surface area contributed by atoms with E-state index in [0.717, 1.165) is 70.1 Å². The standard InChI is InChI=1S/C26H26N4OS/c1-16-22(19-12-8-13-20(24(27)31)23(19)32-16)26-29-21-14-7-3-6-11-18(21)25(30-26)28-15-17-9-4-2-5-10-17/h2,4-5,8-10,12-13H,3,6-7,11,14-15H2,1H3,(H2,27,31)(H,28,29,30). The van der Waals surface area contributed by atoms with Crippen LogP contribution in [0.15, 0.2) is 48.5 Å². The van der Waals surface area contributed by atoms with Gasteiger partial charge in [-0.15, -0.1) is 11.3 Å². The fraction of sp³-hybridized carbons (Fsp3) is 0.269. The number of nitrogens with one attached hydrogen (secondary N) is 1. The van der Waals surface area contributed by atoms with E-state index in [4.69, 9.17) is 15.7 Å². The highest BCUT2D eigenvalue weighted by Crippen LogP contribution is 2.40. The number of primary amides is 1. The van der Waals surface area contributed by atoms with Crippen molar-refractivity contribution in [3.8, 4) is 11.4 Å². The molecular weight excluding hydrogens is 416 g/mol. The van der Waals surface area contributed by atoms with Gasteiger partial charge in [0.15, 0.2) is 5.82 Å². The summed E-state index contributed by atoms with van der Waals surface area (Å²) in [6.07, 6.45) is 5.50. The predicted octanol–water partition coefficient (Wildman–Crippen LogP) is 5.65. The molecule has 0 bridgehead atoms. The topological polar surface area (TPSA) is 80.9 Å². The Labute approximate surface area is 191 Å². The van der Waals surface area contributed by atoms with Crippen molar-refractivity contribution in [2.24, 2.45) is 5.73 Å². The molecular formula is C26H26N4OS. The number of aryl methyl sites for hydroxylation is 2. The fourth-order valence-electron chi connectivity index (χ4n) is 4.52. The van der Waals surface area contributed by atoms with Gasteiger partial charge in [-0.1, -0.05) is 48.9 Å². The van der Waals surface area contributed by atoms with E-state index in [-0.39, 0.29) is 0 Å². The van der Waals surface area contributed by atoms with Gasteiger partial charge in [0, 0.05) is 38.3 Å². The Bertz CT molecular complexity index is 1300. The first-order chi connectivity index (χ1) is 15.6. The van der Waals surface area contributed by atoms with Gasteiger partial charge in [0.25, 0.3) is 0 Å². The summed E-state index contributed by atoms with van der Waals surface area (Å²) in [4.78, 5) is 23.2. The number of benzene rings is 2. The number of aromatic nitrogens is 2. The van der Waals surface area contributed by atoms with Gasteiger partial charge in [-0.2, -0.15) is 0 Å². The number of hydrogen-bond donors (Lipinski definition) is 2. The second-order valence-electron chi connectivity index (χ2n) is 8.30. The number of amides is 1. The molecule has 0 aliphatic heterocycles. The van der Waals surface area contributed by atoms with Gasteiger partial charge in [0.05, 0.1) is 5.56 Å². The van der Waals surface area contributed by atoms with E-state index in [1.165, 1.54) is 17.5 Å². The smallest absolute Gasteiger partial charge is 0.250 e. The summed E-state index contributed by atoms with van der Waals surface area (Å²) < 4.78 is 0.907. The average molecular weight is 443 g/mol. The van der Waals surface area contributed by atoms with Gasteiger partial charge in [-0.05, 0) is 44.2 Å². The molecule has 0 saturated heterocycles. The quantitative estimate of drug-likeness (QED) is 0.392. The zero-order valence-corrected chi connectivity index (χ0v) is 19.0. The Morgan fingerprint density at radius 1 is 1.03 bits per heavy atom. The van der Waals surface area contributed by atoms with Crippen LogP contribution in [0.3, 0.4) is 0 Å². The minimum atomic E-state index is -0.406. The Kier molecular flexibility index (Phi) is 5.62. The summed E-state index contributed by atoms with van der Waals surface area (Å²) in [5, 5.41) is 4.59. The molecule has 32 heavy (non-hydrogen) atoms. The van der Waals surface area contributed by atoms with Crippen LogP contribution < -0.4 is 11.1 Å². The highest BCUT2D eigenvalue weighted by Gasteiger charge is 2.22. The minimum absolute atomic E-state index is 0.406. The lowest BCUT2D eigenvalue weighted by Crippen LogP contribution is -2.11. The van der Waals surface area contributed by atoms with E-state index >= 15 is 0 Å². The van der Waals surface area contributed by atoms with Gasteiger partial charge >= 0.3 is 0 Å². The molecule has 2 aromatic carbocycles. The highest BCUT2D eigenvalue weighted by molar-refractivity contribution is 7.20. The molecule has 0 unspecified atom stereocenters. The van der Waals surface area contributed by atoms with Crippen LogP contribution in [-0.4, -0.2) is 15.9 Å². The maximum atomic E-state index is 12.0. The third kappa shape index (κ3) is 3.86. The van der Waals surface area contributed by atoms with Crippen LogP contribution in [0, 0.1) is 6.92 Å². The molecule has 1 aliphatic rings. The largest absolute Gasteiger partial charge is 0.366 e. The van der Waals surface area contributed by atoms with Crippen LogP contribution in [0.1, 0.15) is 51.3 Å². The zero-order chi connectivity index (χ0) is 22.1. The van der Waals surface area contributed by atoms with E-state index in [2.05, 4.69) is 36.5 Å². The predicted molar refractivity (Wildman–Crippen MR) is 131 cm³/mol. The summed E-state index contributed by atoms with van der Waals surface area (Å²) >= 11 is 1.58. The summed E-state index contributed by atoms with van der Waals surface area (Å²) in [7, 11) is 0. The number of carbonyl (C=O) groups is 1. The van der Waals surface area contributed by atoms with E-state index in [1.54, 1.807) is 17.4 Å². The first-order valence-corrected chi connectivity index (χ1v) is 11.9. The lowest BCUT2D eigenvalue weighted by Gasteiger charge is -2.15. The maximum Gasteiger partial charge on any atom is 0.250 e. The van der Waals surface area contributed by atoms with Gasteiger partial charge < -0.3 is 11.1 Å². The molecule has 5 rings (SSSR count). The third-order valence-corrected chi connectivity index (χ3v) is 7.27. The highest BCUT2D eigenvalue weighted by atomic mass is 32.1. The second-order valence-corrected chi connectivity index (χ2v) is 9.53. The molecule has 0 radical (unpaired) electrons. The van der Waals surface area contributed by atoms with E-state index in [9.17, 15) is 4.79 Å². The average Bonchev–Trinajstić information content (AvgIpc) is 2.96. The number of fused-ring (bicyclic) bond motifs is 2. The number of nitrogens with two attached hydrogens (primary N) is 1. The third-order valence-electron chi connectivity index (χ3n) is 6.12. The van der Waals surface area contributed by atoms with Crippen molar-refractivity contribution >= 4 is 33.1 Å². The normalized spacial score (nSPS) is 13.5. The Morgan fingerprint density at radius 3 is 2.66 bits per heavy atom. The van der Waals surface area contributed by atoms with Crippen molar-refractivity contribution in [2.75, 3.05) is 5.32 Å². The molecule has 6 heteroatoms. The van der Waals surface area contributed by atoms with Crippen molar-refractivity contribution < 1.29 is 4.79 Å². The van der Waals surface area contributed by atoms with E-state index in [0.29, 0.717) is 5.56 Å². The monoisotopic (exact) mass is 442 g/mol. The van der Waals surface area contributed by atoms with Crippen LogP contribution in [0.5, 0.6) is 0 Å². The van der Waals surface area contributed by atoms with Gasteiger partial charge in [-0.3, -0.25) is 4.79 Å². The second kappa shape index (κ2) is 8.71. The molecule has 4 aromatic rings. The molecule has 0 saturated carbocycles. The minimum Gasteiger partial charge on any atom is -0.366 e. The first-order valence-electron chi connectivity index (χ1n) is 11.1. The molecule has 2 heterocycles. The first kappa shape index (κ1) is 20.6.